The number of fused-ring (bicyclic) bond motifs is 1. The number of halogens is 1. The molecule has 0 atom stereocenters. The molecule has 0 saturated heterocycles. The van der Waals surface area contributed by atoms with Crippen LogP contribution in [0.1, 0.15) is 0 Å². The summed E-state index contributed by atoms with van der Waals surface area (Å²) in [6.07, 6.45) is 2.03. The third-order valence-electron chi connectivity index (χ3n) is 5.35. The number of benzene rings is 3. The second-order valence-corrected chi connectivity index (χ2v) is 10.5. The maximum atomic E-state index is 12.8. The third-order valence-corrected chi connectivity index (χ3v) is 7.60. The molecule has 4 rings (SSSR count). The SMILES string of the molecule is CN(C)CCn1ccc2cc(NC(=O)Nc3ccc(S(=O)(=O)c4ccccc4)c(Cl)c3)ccc21. The largest absolute Gasteiger partial charge is 0.346 e. The van der Waals surface area contributed by atoms with E-state index in [-0.39, 0.29) is 14.8 Å². The van der Waals surface area contributed by atoms with Crippen molar-refractivity contribution in [2.75, 3.05) is 31.3 Å². The van der Waals surface area contributed by atoms with Crippen LogP contribution >= 0.6 is 11.6 Å². The molecule has 0 radical (unpaired) electrons. The summed E-state index contributed by atoms with van der Waals surface area (Å²) in [4.78, 5) is 14.8. The Morgan fingerprint density at radius 1 is 0.941 bits per heavy atom. The van der Waals surface area contributed by atoms with E-state index in [2.05, 4.69) is 20.1 Å². The zero-order valence-electron chi connectivity index (χ0n) is 18.8. The smallest absolute Gasteiger partial charge is 0.323 e. The van der Waals surface area contributed by atoms with Gasteiger partial charge in [0, 0.05) is 41.6 Å². The molecule has 0 aliphatic heterocycles. The monoisotopic (exact) mass is 496 g/mol. The second-order valence-electron chi connectivity index (χ2n) is 8.13. The summed E-state index contributed by atoms with van der Waals surface area (Å²) < 4.78 is 27.8. The van der Waals surface area contributed by atoms with Crippen LogP contribution in [0.15, 0.2) is 88.8 Å². The van der Waals surface area contributed by atoms with Gasteiger partial charge < -0.3 is 20.1 Å². The first-order chi connectivity index (χ1) is 16.2. The predicted octanol–water partition coefficient (Wildman–Crippen LogP) is 5.33. The Morgan fingerprint density at radius 2 is 1.62 bits per heavy atom. The summed E-state index contributed by atoms with van der Waals surface area (Å²) in [5.41, 5.74) is 2.12. The summed E-state index contributed by atoms with van der Waals surface area (Å²) in [5, 5.41) is 6.55. The van der Waals surface area contributed by atoms with Gasteiger partial charge in [-0.3, -0.25) is 0 Å². The molecule has 2 N–H and O–H groups in total. The molecule has 9 heteroatoms. The van der Waals surface area contributed by atoms with Crippen LogP contribution in [0.5, 0.6) is 0 Å². The molecular weight excluding hydrogens is 472 g/mol. The van der Waals surface area contributed by atoms with Gasteiger partial charge in [0.25, 0.3) is 0 Å². The van der Waals surface area contributed by atoms with Crippen LogP contribution in [0.4, 0.5) is 16.2 Å². The first-order valence-corrected chi connectivity index (χ1v) is 12.5. The molecule has 0 aliphatic carbocycles. The van der Waals surface area contributed by atoms with Crippen LogP contribution in [-0.4, -0.2) is 44.6 Å². The zero-order valence-corrected chi connectivity index (χ0v) is 20.4. The molecule has 0 fully saturated rings. The van der Waals surface area contributed by atoms with Gasteiger partial charge in [0.15, 0.2) is 0 Å². The van der Waals surface area contributed by atoms with Gasteiger partial charge in [-0.1, -0.05) is 29.8 Å². The van der Waals surface area contributed by atoms with Crippen LogP contribution in [-0.2, 0) is 16.4 Å². The summed E-state index contributed by atoms with van der Waals surface area (Å²) >= 11 is 6.26. The van der Waals surface area contributed by atoms with Gasteiger partial charge in [0.2, 0.25) is 9.84 Å². The van der Waals surface area contributed by atoms with Crippen molar-refractivity contribution in [1.82, 2.24) is 9.47 Å². The van der Waals surface area contributed by atoms with Crippen molar-refractivity contribution in [1.29, 1.82) is 0 Å². The van der Waals surface area contributed by atoms with Crippen molar-refractivity contribution >= 4 is 49.7 Å². The Balaban J connectivity index is 1.45. The van der Waals surface area contributed by atoms with Crippen LogP contribution in [0.25, 0.3) is 10.9 Å². The van der Waals surface area contributed by atoms with E-state index in [4.69, 9.17) is 11.6 Å². The molecule has 4 aromatic rings. The minimum atomic E-state index is -3.76. The van der Waals surface area contributed by atoms with E-state index >= 15 is 0 Å². The molecule has 1 heterocycles. The van der Waals surface area contributed by atoms with E-state index in [1.165, 1.54) is 30.3 Å². The quantitative estimate of drug-likeness (QED) is 0.362. The lowest BCUT2D eigenvalue weighted by atomic mass is 10.2. The van der Waals surface area contributed by atoms with E-state index < -0.39 is 15.9 Å². The Morgan fingerprint density at radius 3 is 2.29 bits per heavy atom. The van der Waals surface area contributed by atoms with E-state index in [1.807, 2.05) is 44.6 Å². The number of rotatable bonds is 7. The fraction of sp³-hybridized carbons (Fsp3) is 0.160. The van der Waals surface area contributed by atoms with Gasteiger partial charge in [-0.05, 0) is 68.7 Å². The van der Waals surface area contributed by atoms with Crippen molar-refractivity contribution in [3.8, 4) is 0 Å². The number of hydrogen-bond acceptors (Lipinski definition) is 4. The summed E-state index contributed by atoms with van der Waals surface area (Å²) in [6, 6.07) is 19.7. The average Bonchev–Trinajstić information content (AvgIpc) is 3.20. The number of carbonyl (C=O) groups is 1. The standard InChI is InChI=1S/C25H25ClN4O3S/c1-29(2)14-15-30-13-12-18-16-19(8-10-23(18)30)27-25(31)28-20-9-11-24(22(26)17-20)34(32,33)21-6-4-3-5-7-21/h3-13,16-17H,14-15H2,1-2H3,(H2,27,28,31). The van der Waals surface area contributed by atoms with Crippen LogP contribution in [0.2, 0.25) is 5.02 Å². The number of likely N-dealkylation sites (N-methyl/N-ethyl adjacent to an activating group) is 1. The number of aromatic nitrogens is 1. The molecule has 0 unspecified atom stereocenters. The van der Waals surface area contributed by atoms with Crippen molar-refractivity contribution in [3.05, 3.63) is 84.0 Å². The molecule has 2 amide bonds. The van der Waals surface area contributed by atoms with E-state index in [1.54, 1.807) is 18.2 Å². The lowest BCUT2D eigenvalue weighted by Gasteiger charge is -2.12. The first-order valence-electron chi connectivity index (χ1n) is 10.7. The maximum absolute atomic E-state index is 12.8. The average molecular weight is 497 g/mol. The lowest BCUT2D eigenvalue weighted by molar-refractivity contribution is 0.262. The van der Waals surface area contributed by atoms with Gasteiger partial charge in [-0.15, -0.1) is 0 Å². The fourth-order valence-electron chi connectivity index (χ4n) is 3.60. The van der Waals surface area contributed by atoms with Crippen LogP contribution in [0, 0.1) is 0 Å². The number of urea groups is 1. The highest BCUT2D eigenvalue weighted by molar-refractivity contribution is 7.91. The summed E-state index contributed by atoms with van der Waals surface area (Å²) in [6.45, 7) is 1.81. The zero-order chi connectivity index (χ0) is 24.3. The topological polar surface area (TPSA) is 83.4 Å². The summed E-state index contributed by atoms with van der Waals surface area (Å²) in [7, 11) is 0.318. The Kier molecular flexibility index (Phi) is 6.92. The van der Waals surface area contributed by atoms with Crippen LogP contribution in [0.3, 0.4) is 0 Å². The molecule has 7 nitrogen and oxygen atoms in total. The van der Waals surface area contributed by atoms with Crippen molar-refractivity contribution in [3.63, 3.8) is 0 Å². The van der Waals surface area contributed by atoms with Gasteiger partial charge in [0.1, 0.15) is 0 Å². The van der Waals surface area contributed by atoms with Gasteiger partial charge in [-0.25, -0.2) is 13.2 Å². The minimum absolute atomic E-state index is 0.0180. The van der Waals surface area contributed by atoms with Crippen molar-refractivity contribution < 1.29 is 13.2 Å². The normalized spacial score (nSPS) is 11.6. The number of sulfone groups is 1. The predicted molar refractivity (Wildman–Crippen MR) is 136 cm³/mol. The van der Waals surface area contributed by atoms with Crippen LogP contribution < -0.4 is 10.6 Å². The first kappa shape index (κ1) is 23.8. The summed E-state index contributed by atoms with van der Waals surface area (Å²) in [5.74, 6) is 0. The number of anilines is 2. The van der Waals surface area contributed by atoms with Gasteiger partial charge in [-0.2, -0.15) is 0 Å². The van der Waals surface area contributed by atoms with E-state index in [0.29, 0.717) is 11.4 Å². The number of hydrogen-bond donors (Lipinski definition) is 2. The highest BCUT2D eigenvalue weighted by atomic mass is 35.5. The molecular formula is C25H25ClN4O3S. The van der Waals surface area contributed by atoms with Crippen molar-refractivity contribution in [2.45, 2.75) is 16.3 Å². The number of amides is 2. The highest BCUT2D eigenvalue weighted by Crippen LogP contribution is 2.30. The molecule has 34 heavy (non-hydrogen) atoms. The molecule has 3 aromatic carbocycles. The lowest BCUT2D eigenvalue weighted by Crippen LogP contribution is -2.19. The van der Waals surface area contributed by atoms with Gasteiger partial charge in [0.05, 0.1) is 14.8 Å². The van der Waals surface area contributed by atoms with E-state index in [9.17, 15) is 13.2 Å². The Labute approximate surface area is 203 Å². The van der Waals surface area contributed by atoms with E-state index in [0.717, 1.165) is 24.0 Å². The number of nitrogens with zero attached hydrogens (tertiary/aromatic N) is 2. The second kappa shape index (κ2) is 9.89. The maximum Gasteiger partial charge on any atom is 0.323 e. The Hall–Kier alpha value is -3.33. The van der Waals surface area contributed by atoms with Crippen molar-refractivity contribution in [2.24, 2.45) is 0 Å². The fourth-order valence-corrected chi connectivity index (χ4v) is 5.41. The minimum Gasteiger partial charge on any atom is -0.346 e. The Bertz CT molecular complexity index is 1430. The molecule has 0 spiro atoms. The number of carbonyl (C=O) groups excluding carboxylic acids is 1. The third kappa shape index (κ3) is 5.25. The molecule has 0 aliphatic rings. The molecule has 1 aromatic heterocycles. The molecule has 176 valence electrons. The molecule has 0 saturated carbocycles. The highest BCUT2D eigenvalue weighted by Gasteiger charge is 2.21. The van der Waals surface area contributed by atoms with Gasteiger partial charge >= 0.3 is 6.03 Å². The number of nitrogens with one attached hydrogen (secondary N) is 2. The molecule has 0 bridgehead atoms.